The third kappa shape index (κ3) is 6.09. The highest BCUT2D eigenvalue weighted by atomic mass is 16.5. The smallest absolute Gasteiger partial charge is 0.323 e. The van der Waals surface area contributed by atoms with Crippen molar-refractivity contribution in [1.29, 1.82) is 5.41 Å². The van der Waals surface area contributed by atoms with Crippen LogP contribution in [-0.4, -0.2) is 37.0 Å². The van der Waals surface area contributed by atoms with Gasteiger partial charge >= 0.3 is 5.97 Å². The third-order valence-corrected chi connectivity index (χ3v) is 5.98. The lowest BCUT2D eigenvalue weighted by Gasteiger charge is -2.30. The second-order valence-corrected chi connectivity index (χ2v) is 8.56. The fourth-order valence-corrected chi connectivity index (χ4v) is 4.08. The van der Waals surface area contributed by atoms with Gasteiger partial charge in [0.2, 0.25) is 0 Å². The quantitative estimate of drug-likeness (QED) is 0.230. The highest BCUT2D eigenvalue weighted by Crippen LogP contribution is 2.34. The van der Waals surface area contributed by atoms with Gasteiger partial charge < -0.3 is 25.4 Å². The largest absolute Gasteiger partial charge is 0.482 e. The van der Waals surface area contributed by atoms with E-state index in [2.05, 4.69) is 5.32 Å². The standard InChI is InChI=1S/C28H30N4O4/c1-2-35-28(34)23(14-19-6-4-3-5-7-19)31-16-21-10-13-24-25(15-21)36-18-26(33)32(24)17-20-8-11-22(12-9-20)27(29)30/h3-13,15,23,31H,2,14,16-18H2,1H3,(H3,29,30)/t23-/m0/s1. The van der Waals surface area contributed by atoms with Crippen LogP contribution in [0, 0.1) is 5.41 Å². The normalized spacial score (nSPS) is 13.5. The van der Waals surface area contributed by atoms with Gasteiger partial charge in [-0.3, -0.25) is 15.0 Å². The molecule has 1 atom stereocenters. The number of nitrogens with one attached hydrogen (secondary N) is 2. The van der Waals surface area contributed by atoms with E-state index >= 15 is 0 Å². The lowest BCUT2D eigenvalue weighted by Crippen LogP contribution is -2.40. The number of anilines is 1. The zero-order chi connectivity index (χ0) is 25.5. The molecule has 0 saturated carbocycles. The number of amides is 1. The molecular weight excluding hydrogens is 456 g/mol. The molecule has 0 aliphatic carbocycles. The number of ether oxygens (including phenoxy) is 2. The molecule has 1 aliphatic heterocycles. The van der Waals surface area contributed by atoms with Crippen LogP contribution in [0.25, 0.3) is 0 Å². The summed E-state index contributed by atoms with van der Waals surface area (Å²) < 4.78 is 11.0. The highest BCUT2D eigenvalue weighted by Gasteiger charge is 2.26. The minimum absolute atomic E-state index is 0.00412. The number of rotatable bonds is 10. The van der Waals surface area contributed by atoms with Crippen molar-refractivity contribution in [2.24, 2.45) is 5.73 Å². The molecule has 0 aromatic heterocycles. The minimum Gasteiger partial charge on any atom is -0.482 e. The monoisotopic (exact) mass is 486 g/mol. The van der Waals surface area contributed by atoms with Crippen molar-refractivity contribution >= 4 is 23.4 Å². The minimum atomic E-state index is -0.486. The predicted molar refractivity (Wildman–Crippen MR) is 138 cm³/mol. The molecule has 0 radical (unpaired) electrons. The van der Waals surface area contributed by atoms with Gasteiger partial charge in [-0.05, 0) is 42.2 Å². The van der Waals surface area contributed by atoms with Crippen LogP contribution >= 0.6 is 0 Å². The van der Waals surface area contributed by atoms with E-state index in [-0.39, 0.29) is 24.3 Å². The van der Waals surface area contributed by atoms with Crippen LogP contribution in [0.3, 0.4) is 0 Å². The zero-order valence-electron chi connectivity index (χ0n) is 20.2. The fourth-order valence-electron chi connectivity index (χ4n) is 4.08. The van der Waals surface area contributed by atoms with Crippen molar-refractivity contribution in [2.75, 3.05) is 18.1 Å². The van der Waals surface area contributed by atoms with Crippen molar-refractivity contribution in [2.45, 2.75) is 32.5 Å². The van der Waals surface area contributed by atoms with Gasteiger partial charge in [0.05, 0.1) is 18.8 Å². The number of amidine groups is 1. The molecule has 186 valence electrons. The molecule has 0 bridgehead atoms. The maximum Gasteiger partial charge on any atom is 0.323 e. The van der Waals surface area contributed by atoms with Gasteiger partial charge in [0.1, 0.15) is 17.6 Å². The van der Waals surface area contributed by atoms with E-state index in [9.17, 15) is 9.59 Å². The van der Waals surface area contributed by atoms with E-state index in [4.69, 9.17) is 20.6 Å². The van der Waals surface area contributed by atoms with Crippen LogP contribution in [0.5, 0.6) is 5.75 Å². The number of nitrogens with zero attached hydrogens (tertiary/aromatic N) is 1. The first-order valence-corrected chi connectivity index (χ1v) is 11.9. The van der Waals surface area contributed by atoms with E-state index < -0.39 is 6.04 Å². The Morgan fingerprint density at radius 1 is 1.08 bits per heavy atom. The summed E-state index contributed by atoms with van der Waals surface area (Å²) in [6.45, 7) is 2.89. The molecule has 0 fully saturated rings. The summed E-state index contributed by atoms with van der Waals surface area (Å²) in [6, 6.07) is 22.3. The maximum atomic E-state index is 12.6. The van der Waals surface area contributed by atoms with Crippen molar-refractivity contribution in [3.8, 4) is 5.75 Å². The molecule has 3 aromatic carbocycles. The van der Waals surface area contributed by atoms with Crippen LogP contribution in [0.15, 0.2) is 72.8 Å². The average molecular weight is 487 g/mol. The van der Waals surface area contributed by atoms with Crippen molar-refractivity contribution < 1.29 is 19.1 Å². The Bertz CT molecular complexity index is 1230. The van der Waals surface area contributed by atoms with Crippen LogP contribution in [0.4, 0.5) is 5.69 Å². The number of hydrogen-bond acceptors (Lipinski definition) is 6. The molecule has 4 rings (SSSR count). The number of nitrogens with two attached hydrogens (primary N) is 1. The van der Waals surface area contributed by atoms with Crippen LogP contribution in [-0.2, 0) is 33.8 Å². The van der Waals surface area contributed by atoms with Gasteiger partial charge in [0.15, 0.2) is 6.61 Å². The number of esters is 1. The van der Waals surface area contributed by atoms with Gasteiger partial charge in [-0.1, -0.05) is 60.7 Å². The zero-order valence-corrected chi connectivity index (χ0v) is 20.2. The van der Waals surface area contributed by atoms with Crippen LogP contribution in [0.2, 0.25) is 0 Å². The molecule has 8 heteroatoms. The molecule has 0 unspecified atom stereocenters. The average Bonchev–Trinajstić information content (AvgIpc) is 2.89. The van der Waals surface area contributed by atoms with Crippen molar-refractivity contribution in [3.05, 3.63) is 95.1 Å². The van der Waals surface area contributed by atoms with Gasteiger partial charge in [0, 0.05) is 12.1 Å². The van der Waals surface area contributed by atoms with Crippen molar-refractivity contribution in [3.63, 3.8) is 0 Å². The molecule has 1 aliphatic rings. The molecule has 1 heterocycles. The third-order valence-electron chi connectivity index (χ3n) is 5.98. The van der Waals surface area contributed by atoms with Gasteiger partial charge in [-0.25, -0.2) is 0 Å². The first-order chi connectivity index (χ1) is 17.4. The number of carbonyl (C=O) groups is 2. The topological polar surface area (TPSA) is 118 Å². The summed E-state index contributed by atoms with van der Waals surface area (Å²) in [6.07, 6.45) is 0.520. The number of carbonyl (C=O) groups excluding carboxylic acids is 2. The number of hydrogen-bond donors (Lipinski definition) is 3. The van der Waals surface area contributed by atoms with Crippen LogP contribution < -0.4 is 20.7 Å². The van der Waals surface area contributed by atoms with E-state index in [0.29, 0.717) is 43.1 Å². The number of fused-ring (bicyclic) bond motifs is 1. The maximum absolute atomic E-state index is 12.6. The molecule has 4 N–H and O–H groups in total. The number of benzene rings is 3. The molecule has 0 spiro atoms. The Morgan fingerprint density at radius 3 is 2.50 bits per heavy atom. The summed E-state index contributed by atoms with van der Waals surface area (Å²) in [5.74, 6) is 0.201. The summed E-state index contributed by atoms with van der Waals surface area (Å²) in [7, 11) is 0. The summed E-state index contributed by atoms with van der Waals surface area (Å²) in [4.78, 5) is 26.9. The van der Waals surface area contributed by atoms with Crippen LogP contribution in [0.1, 0.15) is 29.2 Å². The predicted octanol–water partition coefficient (Wildman–Crippen LogP) is 3.16. The van der Waals surface area contributed by atoms with E-state index in [1.165, 1.54) is 0 Å². The highest BCUT2D eigenvalue weighted by molar-refractivity contribution is 5.98. The van der Waals surface area contributed by atoms with E-state index in [0.717, 1.165) is 16.7 Å². The second kappa shape index (κ2) is 11.5. The first kappa shape index (κ1) is 24.9. The molecule has 8 nitrogen and oxygen atoms in total. The van der Waals surface area contributed by atoms with Gasteiger partial charge in [-0.2, -0.15) is 0 Å². The molecule has 0 saturated heterocycles. The summed E-state index contributed by atoms with van der Waals surface area (Å²) >= 11 is 0. The molecule has 3 aromatic rings. The fraction of sp³-hybridized carbons (Fsp3) is 0.250. The van der Waals surface area contributed by atoms with E-state index in [1.54, 1.807) is 24.0 Å². The summed E-state index contributed by atoms with van der Waals surface area (Å²) in [5.41, 5.74) is 9.75. The van der Waals surface area contributed by atoms with Crippen molar-refractivity contribution in [1.82, 2.24) is 5.32 Å². The van der Waals surface area contributed by atoms with E-state index in [1.807, 2.05) is 60.7 Å². The summed E-state index contributed by atoms with van der Waals surface area (Å²) in [5, 5.41) is 10.8. The molecular formula is C28H30N4O4. The second-order valence-electron chi connectivity index (χ2n) is 8.56. The molecule has 1 amide bonds. The lowest BCUT2D eigenvalue weighted by atomic mass is 10.1. The molecule has 36 heavy (non-hydrogen) atoms. The Morgan fingerprint density at radius 2 is 1.81 bits per heavy atom. The van der Waals surface area contributed by atoms with Gasteiger partial charge in [-0.15, -0.1) is 0 Å². The number of nitrogen functional groups attached to an aromatic ring is 1. The SMILES string of the molecule is CCOC(=O)[C@H](Cc1ccccc1)NCc1ccc2c(c1)OCC(=O)N2Cc1ccc(C(=N)N)cc1. The first-order valence-electron chi connectivity index (χ1n) is 11.9. The lowest BCUT2D eigenvalue weighted by molar-refractivity contribution is -0.145. The Labute approximate surface area is 210 Å². The Hall–Kier alpha value is -4.17. The Balaban J connectivity index is 1.46. The Kier molecular flexibility index (Phi) is 7.97. The van der Waals surface area contributed by atoms with Gasteiger partial charge in [0.25, 0.3) is 5.91 Å².